The lowest BCUT2D eigenvalue weighted by Crippen LogP contribution is -2.35. The summed E-state index contributed by atoms with van der Waals surface area (Å²) in [6, 6.07) is -0.276. The summed E-state index contributed by atoms with van der Waals surface area (Å²) in [4.78, 5) is 27.5. The van der Waals surface area contributed by atoms with Gasteiger partial charge in [0.15, 0.2) is 5.78 Å². The zero-order valence-electron chi connectivity index (χ0n) is 14.5. The minimum atomic E-state index is -0.414. The predicted octanol–water partition coefficient (Wildman–Crippen LogP) is 3.02. The van der Waals surface area contributed by atoms with E-state index < -0.39 is 5.97 Å². The van der Waals surface area contributed by atoms with Crippen LogP contribution in [0.2, 0.25) is 0 Å². The van der Waals surface area contributed by atoms with Crippen LogP contribution in [0.4, 0.5) is 0 Å². The molecule has 1 aromatic rings. The first-order valence-corrected chi connectivity index (χ1v) is 7.93. The van der Waals surface area contributed by atoms with Gasteiger partial charge in [-0.2, -0.15) is 0 Å². The fourth-order valence-electron chi connectivity index (χ4n) is 2.42. The second-order valence-electron chi connectivity index (χ2n) is 6.07. The quantitative estimate of drug-likeness (QED) is 0.572. The lowest BCUT2D eigenvalue weighted by Gasteiger charge is -2.14. The molecule has 1 rings (SSSR count). The van der Waals surface area contributed by atoms with E-state index in [2.05, 4.69) is 24.1 Å². The number of aryl methyl sites for hydroxylation is 1. The lowest BCUT2D eigenvalue weighted by atomic mass is 10.0. The van der Waals surface area contributed by atoms with E-state index in [-0.39, 0.29) is 11.8 Å². The molecule has 0 aromatic carbocycles. The SMILES string of the molecule is CCOC(=O)c1[nH]c(C)c(C(=O)C(C)NCCC(C)C)c1C. The van der Waals surface area contributed by atoms with Crippen molar-refractivity contribution in [2.45, 2.75) is 54.0 Å². The number of ketones is 1. The maximum Gasteiger partial charge on any atom is 0.355 e. The molecule has 0 radical (unpaired) electrons. The smallest absolute Gasteiger partial charge is 0.355 e. The van der Waals surface area contributed by atoms with Crippen molar-refractivity contribution >= 4 is 11.8 Å². The molecule has 1 heterocycles. The average Bonchev–Trinajstić information content (AvgIpc) is 2.73. The van der Waals surface area contributed by atoms with Gasteiger partial charge in [-0.3, -0.25) is 4.79 Å². The average molecular weight is 308 g/mol. The number of Topliss-reactive ketones (excluding diaryl/α,β-unsaturated/α-hetero) is 1. The van der Waals surface area contributed by atoms with E-state index in [1.54, 1.807) is 13.8 Å². The summed E-state index contributed by atoms with van der Waals surface area (Å²) in [5.74, 6) is 0.189. The molecule has 0 aliphatic heterocycles. The van der Waals surface area contributed by atoms with Crippen LogP contribution < -0.4 is 5.32 Å². The van der Waals surface area contributed by atoms with Crippen molar-refractivity contribution < 1.29 is 14.3 Å². The maximum atomic E-state index is 12.6. The van der Waals surface area contributed by atoms with Gasteiger partial charge >= 0.3 is 5.97 Å². The fourth-order valence-corrected chi connectivity index (χ4v) is 2.42. The zero-order chi connectivity index (χ0) is 16.9. The standard InChI is InChI=1S/C17H28N2O3/c1-7-22-17(21)15-11(4)14(12(5)19-15)16(20)13(6)18-9-8-10(2)3/h10,13,18-19H,7-9H2,1-6H3. The van der Waals surface area contributed by atoms with Gasteiger partial charge in [0.1, 0.15) is 5.69 Å². The molecule has 1 atom stereocenters. The summed E-state index contributed by atoms with van der Waals surface area (Å²) in [5.41, 5.74) is 2.34. The molecule has 1 aromatic heterocycles. The van der Waals surface area contributed by atoms with Crippen LogP contribution in [0, 0.1) is 19.8 Å². The van der Waals surface area contributed by atoms with Crippen molar-refractivity contribution in [3.63, 3.8) is 0 Å². The van der Waals surface area contributed by atoms with Crippen molar-refractivity contribution in [2.24, 2.45) is 5.92 Å². The Labute approximate surface area is 132 Å². The van der Waals surface area contributed by atoms with Gasteiger partial charge < -0.3 is 15.0 Å². The fraction of sp³-hybridized carbons (Fsp3) is 0.647. The van der Waals surface area contributed by atoms with Crippen LogP contribution in [0.15, 0.2) is 0 Å². The van der Waals surface area contributed by atoms with E-state index in [9.17, 15) is 9.59 Å². The van der Waals surface area contributed by atoms with Crippen molar-refractivity contribution in [1.29, 1.82) is 0 Å². The van der Waals surface area contributed by atoms with Crippen LogP contribution in [-0.2, 0) is 4.74 Å². The van der Waals surface area contributed by atoms with E-state index in [4.69, 9.17) is 4.74 Å². The van der Waals surface area contributed by atoms with E-state index in [0.29, 0.717) is 35.0 Å². The normalized spacial score (nSPS) is 12.5. The minimum absolute atomic E-state index is 0.00514. The van der Waals surface area contributed by atoms with Crippen LogP contribution in [0.1, 0.15) is 66.2 Å². The van der Waals surface area contributed by atoms with Crippen molar-refractivity contribution in [2.75, 3.05) is 13.2 Å². The number of H-pyrrole nitrogens is 1. The summed E-state index contributed by atoms with van der Waals surface area (Å²) in [6.45, 7) is 12.6. The monoisotopic (exact) mass is 308 g/mol. The zero-order valence-corrected chi connectivity index (χ0v) is 14.5. The third-order valence-electron chi connectivity index (χ3n) is 3.73. The van der Waals surface area contributed by atoms with Crippen LogP contribution >= 0.6 is 0 Å². The van der Waals surface area contributed by atoms with Crippen molar-refractivity contribution in [1.82, 2.24) is 10.3 Å². The predicted molar refractivity (Wildman–Crippen MR) is 87.5 cm³/mol. The second kappa shape index (κ2) is 8.13. The number of hydrogen-bond acceptors (Lipinski definition) is 4. The van der Waals surface area contributed by atoms with E-state index in [1.807, 2.05) is 13.8 Å². The molecular formula is C17H28N2O3. The Kier molecular flexibility index (Phi) is 6.81. The molecule has 0 aliphatic rings. The molecule has 0 fully saturated rings. The Morgan fingerprint density at radius 2 is 1.86 bits per heavy atom. The second-order valence-corrected chi connectivity index (χ2v) is 6.07. The van der Waals surface area contributed by atoms with E-state index >= 15 is 0 Å². The Bertz CT molecular complexity index is 532. The van der Waals surface area contributed by atoms with Crippen LogP contribution in [0.3, 0.4) is 0 Å². The van der Waals surface area contributed by atoms with Gasteiger partial charge in [-0.25, -0.2) is 4.79 Å². The number of aromatic nitrogens is 1. The molecule has 124 valence electrons. The number of carbonyl (C=O) groups excluding carboxylic acids is 2. The molecule has 22 heavy (non-hydrogen) atoms. The number of hydrogen-bond donors (Lipinski definition) is 2. The largest absolute Gasteiger partial charge is 0.461 e. The molecule has 0 bridgehead atoms. The minimum Gasteiger partial charge on any atom is -0.461 e. The molecule has 0 amide bonds. The first kappa shape index (κ1) is 18.4. The van der Waals surface area contributed by atoms with Gasteiger partial charge in [0, 0.05) is 11.3 Å². The summed E-state index contributed by atoms with van der Waals surface area (Å²) >= 11 is 0. The topological polar surface area (TPSA) is 71.2 Å². The molecule has 2 N–H and O–H groups in total. The van der Waals surface area contributed by atoms with Crippen LogP contribution in [0.25, 0.3) is 0 Å². The highest BCUT2D eigenvalue weighted by atomic mass is 16.5. The highest BCUT2D eigenvalue weighted by Crippen LogP contribution is 2.20. The van der Waals surface area contributed by atoms with E-state index in [0.717, 1.165) is 13.0 Å². The Balaban J connectivity index is 2.87. The van der Waals surface area contributed by atoms with Gasteiger partial charge in [-0.05, 0) is 52.1 Å². The molecule has 0 spiro atoms. The molecule has 0 saturated carbocycles. The molecule has 5 nitrogen and oxygen atoms in total. The van der Waals surface area contributed by atoms with Gasteiger partial charge in [0.25, 0.3) is 0 Å². The van der Waals surface area contributed by atoms with Crippen LogP contribution in [-0.4, -0.2) is 35.9 Å². The third kappa shape index (κ3) is 4.44. The third-order valence-corrected chi connectivity index (χ3v) is 3.73. The maximum absolute atomic E-state index is 12.6. The van der Waals surface area contributed by atoms with Crippen molar-refractivity contribution in [3.8, 4) is 0 Å². The number of nitrogens with one attached hydrogen (secondary N) is 2. The Hall–Kier alpha value is -1.62. The van der Waals surface area contributed by atoms with Crippen LogP contribution in [0.5, 0.6) is 0 Å². The van der Waals surface area contributed by atoms with Gasteiger partial charge in [-0.1, -0.05) is 13.8 Å². The Morgan fingerprint density at radius 3 is 2.41 bits per heavy atom. The molecule has 5 heteroatoms. The summed E-state index contributed by atoms with van der Waals surface area (Å²) in [6.07, 6.45) is 1.02. The first-order valence-electron chi connectivity index (χ1n) is 7.93. The number of esters is 1. The Morgan fingerprint density at radius 1 is 1.23 bits per heavy atom. The lowest BCUT2D eigenvalue weighted by molar-refractivity contribution is 0.0519. The van der Waals surface area contributed by atoms with Gasteiger partial charge in [0.2, 0.25) is 0 Å². The summed E-state index contributed by atoms with van der Waals surface area (Å²) in [5, 5.41) is 3.25. The van der Waals surface area contributed by atoms with E-state index in [1.165, 1.54) is 0 Å². The molecular weight excluding hydrogens is 280 g/mol. The molecule has 0 aliphatic carbocycles. The molecule has 0 saturated heterocycles. The van der Waals surface area contributed by atoms with Crippen molar-refractivity contribution in [3.05, 3.63) is 22.5 Å². The highest BCUT2D eigenvalue weighted by Gasteiger charge is 2.25. The molecule has 1 unspecified atom stereocenters. The first-order chi connectivity index (χ1) is 10.3. The van der Waals surface area contributed by atoms with Gasteiger partial charge in [-0.15, -0.1) is 0 Å². The number of rotatable bonds is 8. The highest BCUT2D eigenvalue weighted by molar-refractivity contribution is 6.05. The number of carbonyl (C=O) groups is 2. The number of ether oxygens (including phenoxy) is 1. The number of aromatic amines is 1. The summed E-state index contributed by atoms with van der Waals surface area (Å²) in [7, 11) is 0. The summed E-state index contributed by atoms with van der Waals surface area (Å²) < 4.78 is 5.01. The van der Waals surface area contributed by atoms with Gasteiger partial charge in [0.05, 0.1) is 12.6 Å².